The first kappa shape index (κ1) is 14.6. The van der Waals surface area contributed by atoms with Gasteiger partial charge in [0, 0.05) is 30.8 Å². The third-order valence-corrected chi connectivity index (χ3v) is 5.82. The molecule has 120 valence electrons. The van der Waals surface area contributed by atoms with Crippen molar-refractivity contribution in [2.24, 2.45) is 5.41 Å². The molecule has 2 saturated heterocycles. The number of ether oxygens (including phenoxy) is 2. The molecule has 1 saturated carbocycles. The summed E-state index contributed by atoms with van der Waals surface area (Å²) in [6, 6.07) is 11.1. The van der Waals surface area contributed by atoms with Gasteiger partial charge < -0.3 is 14.6 Å². The Morgan fingerprint density at radius 2 is 1.91 bits per heavy atom. The van der Waals surface area contributed by atoms with Crippen LogP contribution < -0.4 is 0 Å². The molecule has 4 nitrogen and oxygen atoms in total. The maximum Gasteiger partial charge on any atom is 0.169 e. The molecule has 0 unspecified atom stereocenters. The number of rotatable bonds is 3. The fourth-order valence-corrected chi connectivity index (χ4v) is 4.74. The van der Waals surface area contributed by atoms with E-state index in [1.54, 1.807) is 0 Å². The molecule has 2 heterocycles. The fraction of sp³-hybridized carbons (Fsp3) is 0.667. The number of hydrogen-bond donors (Lipinski definition) is 1. The van der Waals surface area contributed by atoms with Crippen LogP contribution in [0.25, 0.3) is 0 Å². The van der Waals surface area contributed by atoms with Crippen LogP contribution in [0.4, 0.5) is 0 Å². The lowest BCUT2D eigenvalue weighted by Crippen LogP contribution is -2.52. The Morgan fingerprint density at radius 3 is 2.64 bits per heavy atom. The maximum absolute atomic E-state index is 10.1. The molecule has 2 aliphatic heterocycles. The molecular weight excluding hydrogens is 278 g/mol. The predicted octanol–water partition coefficient (Wildman–Crippen LogP) is 2.17. The summed E-state index contributed by atoms with van der Waals surface area (Å²) in [5.41, 5.74) is 1.29. The van der Waals surface area contributed by atoms with Gasteiger partial charge in [0.05, 0.1) is 19.8 Å². The van der Waals surface area contributed by atoms with Crippen molar-refractivity contribution >= 4 is 0 Å². The van der Waals surface area contributed by atoms with Gasteiger partial charge in [0.25, 0.3) is 0 Å². The average Bonchev–Trinajstić information content (AvgIpc) is 3.14. The number of likely N-dealkylation sites (tertiary alicyclic amines) is 1. The maximum atomic E-state index is 10.1. The van der Waals surface area contributed by atoms with Gasteiger partial charge in [-0.1, -0.05) is 30.3 Å². The Balaban J connectivity index is 1.52. The standard InChI is InChI=1S/C18H25NO3/c20-14-17-8-9-19(12-15-4-2-1-3-5-15)16(17)6-7-18(13-17)21-10-11-22-18/h1-5,16,20H,6-14H2/t16-,17+/m1/s1. The van der Waals surface area contributed by atoms with Crippen LogP contribution in [0, 0.1) is 5.41 Å². The summed E-state index contributed by atoms with van der Waals surface area (Å²) in [7, 11) is 0. The summed E-state index contributed by atoms with van der Waals surface area (Å²) in [6.07, 6.45) is 3.88. The number of hydrogen-bond acceptors (Lipinski definition) is 4. The molecular formula is C18H25NO3. The van der Waals surface area contributed by atoms with E-state index >= 15 is 0 Å². The number of fused-ring (bicyclic) bond motifs is 1. The van der Waals surface area contributed by atoms with Gasteiger partial charge in [-0.3, -0.25) is 4.90 Å². The molecule has 0 radical (unpaired) electrons. The van der Waals surface area contributed by atoms with E-state index in [-0.39, 0.29) is 12.0 Å². The van der Waals surface area contributed by atoms with E-state index in [1.165, 1.54) is 5.56 Å². The average molecular weight is 303 g/mol. The molecule has 3 fully saturated rings. The third-order valence-electron chi connectivity index (χ3n) is 5.82. The molecule has 3 aliphatic rings. The van der Waals surface area contributed by atoms with Crippen LogP contribution in [0.1, 0.15) is 31.2 Å². The Morgan fingerprint density at radius 1 is 1.14 bits per heavy atom. The molecule has 22 heavy (non-hydrogen) atoms. The van der Waals surface area contributed by atoms with E-state index in [4.69, 9.17) is 9.47 Å². The van der Waals surface area contributed by atoms with Gasteiger partial charge in [-0.15, -0.1) is 0 Å². The van der Waals surface area contributed by atoms with Crippen LogP contribution in [0.3, 0.4) is 0 Å². The van der Waals surface area contributed by atoms with Crippen molar-refractivity contribution in [1.82, 2.24) is 4.90 Å². The minimum Gasteiger partial charge on any atom is -0.396 e. The molecule has 4 heteroatoms. The van der Waals surface area contributed by atoms with Crippen molar-refractivity contribution in [3.05, 3.63) is 35.9 Å². The van der Waals surface area contributed by atoms with Crippen LogP contribution in [0.5, 0.6) is 0 Å². The Labute approximate surface area is 132 Å². The molecule has 1 aromatic rings. The van der Waals surface area contributed by atoms with Gasteiger partial charge in [0.1, 0.15) is 0 Å². The number of aliphatic hydroxyl groups excluding tert-OH is 1. The van der Waals surface area contributed by atoms with E-state index in [9.17, 15) is 5.11 Å². The van der Waals surface area contributed by atoms with Crippen molar-refractivity contribution in [2.75, 3.05) is 26.4 Å². The van der Waals surface area contributed by atoms with Gasteiger partial charge in [-0.25, -0.2) is 0 Å². The highest BCUT2D eigenvalue weighted by atomic mass is 16.7. The van der Waals surface area contributed by atoms with Crippen LogP contribution in [-0.2, 0) is 16.0 Å². The normalized spacial score (nSPS) is 34.1. The summed E-state index contributed by atoms with van der Waals surface area (Å²) >= 11 is 0. The third kappa shape index (κ3) is 2.38. The van der Waals surface area contributed by atoms with Gasteiger partial charge in [-0.05, 0) is 24.9 Å². The van der Waals surface area contributed by atoms with E-state index < -0.39 is 5.79 Å². The van der Waals surface area contributed by atoms with Gasteiger partial charge in [0.15, 0.2) is 5.79 Å². The molecule has 2 atom stereocenters. The smallest absolute Gasteiger partial charge is 0.169 e. The number of benzene rings is 1. The SMILES string of the molecule is OC[C@@]12CCN(Cc3ccccc3)[C@@H]1CCC1(C2)OCCO1. The second-order valence-corrected chi connectivity index (χ2v) is 7.07. The van der Waals surface area contributed by atoms with E-state index in [2.05, 4.69) is 35.2 Å². The molecule has 0 bridgehead atoms. The molecule has 0 aromatic heterocycles. The van der Waals surface area contributed by atoms with Crippen LogP contribution in [0.2, 0.25) is 0 Å². The predicted molar refractivity (Wildman–Crippen MR) is 83.3 cm³/mol. The lowest BCUT2D eigenvalue weighted by Gasteiger charge is -2.47. The highest BCUT2D eigenvalue weighted by Gasteiger charge is 2.56. The van der Waals surface area contributed by atoms with Crippen molar-refractivity contribution in [3.63, 3.8) is 0 Å². The summed E-state index contributed by atoms with van der Waals surface area (Å²) < 4.78 is 11.8. The summed E-state index contributed by atoms with van der Waals surface area (Å²) in [5.74, 6) is -0.415. The van der Waals surface area contributed by atoms with Gasteiger partial charge in [-0.2, -0.15) is 0 Å². The van der Waals surface area contributed by atoms with Gasteiger partial charge >= 0.3 is 0 Å². The number of nitrogens with zero attached hydrogens (tertiary/aromatic N) is 1. The summed E-state index contributed by atoms with van der Waals surface area (Å²) in [6.45, 7) is 3.65. The molecule has 1 spiro atoms. The zero-order valence-corrected chi connectivity index (χ0v) is 13.0. The minimum absolute atomic E-state index is 0.0582. The second kappa shape index (κ2) is 5.60. The minimum atomic E-state index is -0.415. The van der Waals surface area contributed by atoms with Crippen molar-refractivity contribution in [2.45, 2.75) is 44.1 Å². The highest BCUT2D eigenvalue weighted by molar-refractivity contribution is 5.16. The molecule has 0 amide bonds. The Bertz CT molecular complexity index is 514. The van der Waals surface area contributed by atoms with Gasteiger partial charge in [0.2, 0.25) is 0 Å². The molecule has 1 aromatic carbocycles. The summed E-state index contributed by atoms with van der Waals surface area (Å²) in [4.78, 5) is 2.55. The van der Waals surface area contributed by atoms with Crippen molar-refractivity contribution in [3.8, 4) is 0 Å². The largest absolute Gasteiger partial charge is 0.396 e. The highest BCUT2D eigenvalue weighted by Crippen LogP contribution is 2.52. The number of aliphatic hydroxyl groups is 1. The molecule has 1 aliphatic carbocycles. The Kier molecular flexibility index (Phi) is 3.73. The van der Waals surface area contributed by atoms with Crippen molar-refractivity contribution in [1.29, 1.82) is 0 Å². The first-order chi connectivity index (χ1) is 10.8. The first-order valence-electron chi connectivity index (χ1n) is 8.42. The Hall–Kier alpha value is -0.940. The van der Waals surface area contributed by atoms with Crippen LogP contribution in [0.15, 0.2) is 30.3 Å². The van der Waals surface area contributed by atoms with E-state index in [0.29, 0.717) is 19.3 Å². The first-order valence-corrected chi connectivity index (χ1v) is 8.42. The second-order valence-electron chi connectivity index (χ2n) is 7.07. The van der Waals surface area contributed by atoms with E-state index in [1.807, 2.05) is 0 Å². The summed E-state index contributed by atoms with van der Waals surface area (Å²) in [5, 5.41) is 10.1. The molecule has 1 N–H and O–H groups in total. The quantitative estimate of drug-likeness (QED) is 0.929. The topological polar surface area (TPSA) is 41.9 Å². The molecule has 4 rings (SSSR count). The van der Waals surface area contributed by atoms with Crippen LogP contribution >= 0.6 is 0 Å². The lowest BCUT2D eigenvalue weighted by molar-refractivity contribution is -0.213. The van der Waals surface area contributed by atoms with Crippen molar-refractivity contribution < 1.29 is 14.6 Å². The van der Waals surface area contributed by atoms with E-state index in [0.717, 1.165) is 38.8 Å². The zero-order valence-electron chi connectivity index (χ0n) is 13.0. The fourth-order valence-electron chi connectivity index (χ4n) is 4.74. The lowest BCUT2D eigenvalue weighted by atomic mass is 9.68. The zero-order chi connectivity index (χ0) is 15.0. The van der Waals surface area contributed by atoms with Crippen LogP contribution in [-0.4, -0.2) is 48.2 Å². The monoisotopic (exact) mass is 303 g/mol.